The van der Waals surface area contributed by atoms with Gasteiger partial charge < -0.3 is 10.6 Å². The summed E-state index contributed by atoms with van der Waals surface area (Å²) in [4.78, 5) is 23.8. The van der Waals surface area contributed by atoms with E-state index in [1.807, 2.05) is 0 Å². The third-order valence-corrected chi connectivity index (χ3v) is 4.28. The molecular formula is C14H14Cl2N2O2. The molecule has 0 unspecified atom stereocenters. The average Bonchev–Trinajstić information content (AvgIpc) is 3.28. The Kier molecular flexibility index (Phi) is 3.38. The van der Waals surface area contributed by atoms with Crippen LogP contribution in [0.4, 0.5) is 5.69 Å². The summed E-state index contributed by atoms with van der Waals surface area (Å²) in [5, 5.41) is 5.64. The lowest BCUT2D eigenvalue weighted by Gasteiger charge is -2.08. The summed E-state index contributed by atoms with van der Waals surface area (Å²) in [6.07, 6.45) is 2.54. The smallest absolute Gasteiger partial charge is 0.251 e. The zero-order valence-corrected chi connectivity index (χ0v) is 12.2. The second-order valence-electron chi connectivity index (χ2n) is 5.34. The lowest BCUT2D eigenvalue weighted by Crippen LogP contribution is -2.25. The van der Waals surface area contributed by atoms with Crippen molar-refractivity contribution in [3.05, 3.63) is 29.8 Å². The molecule has 0 heterocycles. The Hall–Kier alpha value is -1.26. The number of alkyl halides is 2. The third kappa shape index (κ3) is 3.07. The minimum Gasteiger partial charge on any atom is -0.349 e. The molecule has 6 heteroatoms. The minimum atomic E-state index is -0.939. The normalized spacial score (nSPS) is 23.0. The maximum absolute atomic E-state index is 11.9. The average molecular weight is 313 g/mol. The third-order valence-electron chi connectivity index (χ3n) is 3.45. The number of nitrogens with one attached hydrogen (secondary N) is 2. The largest absolute Gasteiger partial charge is 0.349 e. The zero-order valence-electron chi connectivity index (χ0n) is 10.7. The minimum absolute atomic E-state index is 0.112. The lowest BCUT2D eigenvalue weighted by molar-refractivity contribution is -0.117. The molecule has 1 aromatic carbocycles. The molecule has 1 atom stereocenters. The van der Waals surface area contributed by atoms with Gasteiger partial charge in [0.15, 0.2) is 0 Å². The van der Waals surface area contributed by atoms with Crippen LogP contribution in [0.1, 0.15) is 29.6 Å². The highest BCUT2D eigenvalue weighted by atomic mass is 35.5. The zero-order chi connectivity index (χ0) is 14.3. The predicted octanol–water partition coefficient (Wildman–Crippen LogP) is 2.71. The van der Waals surface area contributed by atoms with Gasteiger partial charge in [-0.3, -0.25) is 9.59 Å². The Balaban J connectivity index is 1.64. The van der Waals surface area contributed by atoms with Crippen molar-refractivity contribution >= 4 is 40.7 Å². The van der Waals surface area contributed by atoms with E-state index in [1.54, 1.807) is 24.3 Å². The maximum atomic E-state index is 11.9. The molecule has 3 rings (SSSR count). The van der Waals surface area contributed by atoms with E-state index < -0.39 is 4.33 Å². The SMILES string of the molecule is O=C(NC1CC1)c1cccc(NC(=O)[C@H]2CC2(Cl)Cl)c1. The Labute approximate surface area is 126 Å². The van der Waals surface area contributed by atoms with Gasteiger partial charge in [0, 0.05) is 17.3 Å². The summed E-state index contributed by atoms with van der Waals surface area (Å²) < 4.78 is -0.939. The van der Waals surface area contributed by atoms with Crippen molar-refractivity contribution in [1.29, 1.82) is 0 Å². The fourth-order valence-electron chi connectivity index (χ4n) is 1.96. The molecule has 2 aliphatic carbocycles. The highest BCUT2D eigenvalue weighted by Crippen LogP contribution is 2.53. The van der Waals surface area contributed by atoms with Gasteiger partial charge in [0.05, 0.1) is 5.92 Å². The number of hydrogen-bond acceptors (Lipinski definition) is 2. The molecule has 2 fully saturated rings. The molecule has 0 saturated heterocycles. The molecule has 2 N–H and O–H groups in total. The van der Waals surface area contributed by atoms with Crippen molar-refractivity contribution in [3.8, 4) is 0 Å². The van der Waals surface area contributed by atoms with E-state index in [2.05, 4.69) is 10.6 Å². The number of amides is 2. The van der Waals surface area contributed by atoms with Crippen LogP contribution >= 0.6 is 23.2 Å². The van der Waals surface area contributed by atoms with Crippen LogP contribution in [0.15, 0.2) is 24.3 Å². The molecule has 20 heavy (non-hydrogen) atoms. The number of carbonyl (C=O) groups is 2. The first kappa shape index (κ1) is 13.7. The number of benzene rings is 1. The van der Waals surface area contributed by atoms with E-state index in [1.165, 1.54) is 0 Å². The van der Waals surface area contributed by atoms with Gasteiger partial charge >= 0.3 is 0 Å². The van der Waals surface area contributed by atoms with Crippen LogP contribution in [-0.2, 0) is 4.79 Å². The van der Waals surface area contributed by atoms with E-state index in [9.17, 15) is 9.59 Å². The summed E-state index contributed by atoms with van der Waals surface area (Å²) in [5.74, 6) is -0.705. The molecule has 106 valence electrons. The van der Waals surface area contributed by atoms with Gasteiger partial charge in [0.2, 0.25) is 5.91 Å². The summed E-state index contributed by atoms with van der Waals surface area (Å²) >= 11 is 11.7. The molecule has 0 spiro atoms. The van der Waals surface area contributed by atoms with Gasteiger partial charge in [0.1, 0.15) is 4.33 Å². The lowest BCUT2D eigenvalue weighted by atomic mass is 10.2. The first-order valence-corrected chi connectivity index (χ1v) is 7.31. The van der Waals surface area contributed by atoms with E-state index >= 15 is 0 Å². The molecule has 2 amide bonds. The second kappa shape index (κ2) is 4.93. The van der Waals surface area contributed by atoms with Crippen LogP contribution in [0.2, 0.25) is 0 Å². The van der Waals surface area contributed by atoms with E-state index in [-0.39, 0.29) is 17.7 Å². The maximum Gasteiger partial charge on any atom is 0.251 e. The molecule has 0 aliphatic heterocycles. The molecule has 0 bridgehead atoms. The molecular weight excluding hydrogens is 299 g/mol. The number of rotatable bonds is 4. The van der Waals surface area contributed by atoms with Crippen molar-refractivity contribution in [2.45, 2.75) is 29.6 Å². The fraction of sp³-hybridized carbons (Fsp3) is 0.429. The Morgan fingerprint density at radius 3 is 2.55 bits per heavy atom. The van der Waals surface area contributed by atoms with Crippen molar-refractivity contribution in [2.24, 2.45) is 5.92 Å². The van der Waals surface area contributed by atoms with Crippen LogP contribution in [0.3, 0.4) is 0 Å². The highest BCUT2D eigenvalue weighted by molar-refractivity contribution is 6.52. The highest BCUT2D eigenvalue weighted by Gasteiger charge is 2.56. The summed E-state index contributed by atoms with van der Waals surface area (Å²) in [6.45, 7) is 0. The van der Waals surface area contributed by atoms with E-state index in [4.69, 9.17) is 23.2 Å². The summed E-state index contributed by atoms with van der Waals surface area (Å²) in [5.41, 5.74) is 1.11. The first-order valence-electron chi connectivity index (χ1n) is 6.55. The van der Waals surface area contributed by atoms with Crippen molar-refractivity contribution < 1.29 is 9.59 Å². The number of anilines is 1. The van der Waals surface area contributed by atoms with Crippen LogP contribution < -0.4 is 10.6 Å². The van der Waals surface area contributed by atoms with Crippen LogP contribution in [0.5, 0.6) is 0 Å². The van der Waals surface area contributed by atoms with Gasteiger partial charge in [-0.05, 0) is 37.5 Å². The van der Waals surface area contributed by atoms with Gasteiger partial charge in [-0.2, -0.15) is 0 Å². The monoisotopic (exact) mass is 312 g/mol. The van der Waals surface area contributed by atoms with Gasteiger partial charge in [-0.25, -0.2) is 0 Å². The first-order chi connectivity index (χ1) is 9.45. The summed E-state index contributed by atoms with van der Waals surface area (Å²) in [6, 6.07) is 7.15. The molecule has 0 aromatic heterocycles. The predicted molar refractivity (Wildman–Crippen MR) is 78.1 cm³/mol. The Morgan fingerprint density at radius 1 is 1.25 bits per heavy atom. The molecule has 2 saturated carbocycles. The molecule has 2 aliphatic rings. The molecule has 1 aromatic rings. The quantitative estimate of drug-likeness (QED) is 0.840. The number of carbonyl (C=O) groups excluding carboxylic acids is 2. The van der Waals surface area contributed by atoms with Crippen molar-refractivity contribution in [2.75, 3.05) is 5.32 Å². The van der Waals surface area contributed by atoms with Crippen molar-refractivity contribution in [3.63, 3.8) is 0 Å². The van der Waals surface area contributed by atoms with E-state index in [0.717, 1.165) is 12.8 Å². The summed E-state index contributed by atoms with van der Waals surface area (Å²) in [7, 11) is 0. The van der Waals surface area contributed by atoms with Gasteiger partial charge in [-0.15, -0.1) is 23.2 Å². The fourth-order valence-corrected chi connectivity index (χ4v) is 2.47. The van der Waals surface area contributed by atoms with E-state index in [0.29, 0.717) is 23.7 Å². The Morgan fingerprint density at radius 2 is 1.95 bits per heavy atom. The van der Waals surface area contributed by atoms with Crippen LogP contribution in [0.25, 0.3) is 0 Å². The van der Waals surface area contributed by atoms with Crippen molar-refractivity contribution in [1.82, 2.24) is 5.32 Å². The van der Waals surface area contributed by atoms with Crippen LogP contribution in [0, 0.1) is 5.92 Å². The molecule has 0 radical (unpaired) electrons. The number of hydrogen-bond donors (Lipinski definition) is 2. The second-order valence-corrected chi connectivity index (χ2v) is 6.88. The topological polar surface area (TPSA) is 58.2 Å². The number of halogens is 2. The van der Waals surface area contributed by atoms with Gasteiger partial charge in [0.25, 0.3) is 5.91 Å². The van der Waals surface area contributed by atoms with Crippen LogP contribution in [-0.4, -0.2) is 22.2 Å². The van der Waals surface area contributed by atoms with Gasteiger partial charge in [-0.1, -0.05) is 6.07 Å². The standard InChI is InChI=1S/C14H14Cl2N2O2/c15-14(16)7-11(14)13(20)18-10-3-1-2-8(6-10)12(19)17-9-4-5-9/h1-3,6,9,11H,4-5,7H2,(H,17,19)(H,18,20)/t11-/m1/s1. The Bertz CT molecular complexity index is 570. The molecule has 4 nitrogen and oxygen atoms in total.